The first-order valence-corrected chi connectivity index (χ1v) is 14.9. The summed E-state index contributed by atoms with van der Waals surface area (Å²) in [6, 6.07) is 0. The summed E-state index contributed by atoms with van der Waals surface area (Å²) in [5, 5.41) is 0. The van der Waals surface area contributed by atoms with E-state index in [2.05, 4.69) is 60.4 Å². The van der Waals surface area contributed by atoms with Crippen LogP contribution < -0.4 is 0 Å². The molecule has 0 bridgehead atoms. The zero-order chi connectivity index (χ0) is 26.4. The van der Waals surface area contributed by atoms with Gasteiger partial charge in [0.25, 0.3) is 0 Å². The molecule has 0 heterocycles. The lowest BCUT2D eigenvalue weighted by molar-refractivity contribution is -0.252. The Bertz CT molecular complexity index is 964. The Morgan fingerprint density at radius 3 is 2.14 bits per heavy atom. The molecule has 5 aliphatic carbocycles. The van der Waals surface area contributed by atoms with E-state index in [0.29, 0.717) is 27.6 Å². The van der Waals surface area contributed by atoms with Crippen LogP contribution in [-0.2, 0) is 9.53 Å². The number of carbonyl (C=O) groups is 1. The third-order valence-corrected chi connectivity index (χ3v) is 14.0. The molecule has 4 heteroatoms. The van der Waals surface area contributed by atoms with Crippen molar-refractivity contribution in [2.75, 3.05) is 0 Å². The van der Waals surface area contributed by atoms with E-state index in [-0.39, 0.29) is 16.9 Å². The monoisotopic (exact) mass is 497 g/mol. The molecule has 1 amide bonds. The van der Waals surface area contributed by atoms with Crippen molar-refractivity contribution >= 4 is 12.2 Å². The lowest BCUT2D eigenvalue weighted by atomic mass is 9.31. The number of rotatable bonds is 1. The van der Waals surface area contributed by atoms with Gasteiger partial charge in [-0.05, 0) is 121 Å². The maximum atomic E-state index is 12.1. The van der Waals surface area contributed by atoms with Crippen LogP contribution in [-0.4, -0.2) is 18.3 Å². The highest BCUT2D eigenvalue weighted by atomic mass is 16.6. The van der Waals surface area contributed by atoms with Crippen LogP contribution in [0.25, 0.3) is 0 Å². The molecule has 5 saturated carbocycles. The molecule has 0 radical (unpaired) electrons. The van der Waals surface area contributed by atoms with E-state index in [1.165, 1.54) is 63.9 Å². The average Bonchev–Trinajstić information content (AvgIpc) is 2.77. The van der Waals surface area contributed by atoms with Crippen LogP contribution in [0.15, 0.2) is 4.99 Å². The second kappa shape index (κ2) is 8.17. The third kappa shape index (κ3) is 3.55. The Morgan fingerprint density at radius 2 is 1.44 bits per heavy atom. The summed E-state index contributed by atoms with van der Waals surface area (Å²) >= 11 is 0. The van der Waals surface area contributed by atoms with Gasteiger partial charge in [0.15, 0.2) is 0 Å². The predicted molar refractivity (Wildman–Crippen MR) is 143 cm³/mol. The van der Waals surface area contributed by atoms with Crippen LogP contribution in [0.4, 0.5) is 4.79 Å². The van der Waals surface area contributed by atoms with Gasteiger partial charge in [0.05, 0.1) is 0 Å². The Kier molecular flexibility index (Phi) is 6.01. The third-order valence-electron chi connectivity index (χ3n) is 14.0. The first-order chi connectivity index (χ1) is 16.6. The molecule has 5 fully saturated rings. The van der Waals surface area contributed by atoms with Gasteiger partial charge in [0.2, 0.25) is 6.08 Å². The molecule has 4 nitrogen and oxygen atoms in total. The van der Waals surface area contributed by atoms with Crippen molar-refractivity contribution < 1.29 is 14.3 Å². The maximum absolute atomic E-state index is 12.1. The second-order valence-corrected chi connectivity index (χ2v) is 16.2. The molecule has 36 heavy (non-hydrogen) atoms. The predicted octanol–water partition coefficient (Wildman–Crippen LogP) is 8.73. The Hall–Kier alpha value is -1.15. The van der Waals surface area contributed by atoms with E-state index in [4.69, 9.17) is 4.74 Å². The van der Waals surface area contributed by atoms with Crippen molar-refractivity contribution in [3.05, 3.63) is 0 Å². The molecule has 5 aliphatic rings. The molecule has 0 aromatic rings. The van der Waals surface area contributed by atoms with Crippen LogP contribution in [0.1, 0.15) is 126 Å². The fourth-order valence-electron chi connectivity index (χ4n) is 11.7. The molecule has 0 aromatic carbocycles. The number of aliphatic imine (C=N–C) groups is 1. The zero-order valence-corrected chi connectivity index (χ0v) is 24.3. The summed E-state index contributed by atoms with van der Waals surface area (Å²) in [4.78, 5) is 25.9. The minimum Gasteiger partial charge on any atom is -0.444 e. The molecule has 0 saturated heterocycles. The van der Waals surface area contributed by atoms with E-state index in [1.54, 1.807) is 0 Å². The Labute approximate surface area is 219 Å². The van der Waals surface area contributed by atoms with Gasteiger partial charge in [-0.1, -0.05) is 60.4 Å². The van der Waals surface area contributed by atoms with E-state index in [1.807, 2.05) is 0 Å². The van der Waals surface area contributed by atoms with Crippen molar-refractivity contribution in [1.29, 1.82) is 0 Å². The van der Waals surface area contributed by atoms with Crippen LogP contribution in [0.5, 0.6) is 0 Å². The highest BCUT2D eigenvalue weighted by molar-refractivity contribution is 5.74. The van der Waals surface area contributed by atoms with Crippen molar-refractivity contribution in [3.63, 3.8) is 0 Å². The van der Waals surface area contributed by atoms with Gasteiger partial charge in [-0.2, -0.15) is 0 Å². The minimum atomic E-state index is -0.777. The molecular weight excluding hydrogens is 446 g/mol. The number of carbonyl (C=O) groups excluding carboxylic acids is 2. The molecule has 9 atom stereocenters. The van der Waals surface area contributed by atoms with Gasteiger partial charge in [-0.25, -0.2) is 9.59 Å². The van der Waals surface area contributed by atoms with E-state index in [0.717, 1.165) is 30.6 Å². The topological polar surface area (TPSA) is 55.7 Å². The average molecular weight is 498 g/mol. The molecule has 0 aromatic heterocycles. The van der Waals surface area contributed by atoms with Gasteiger partial charge < -0.3 is 4.74 Å². The van der Waals surface area contributed by atoms with Crippen molar-refractivity contribution in [2.24, 2.45) is 61.2 Å². The first kappa shape index (κ1) is 26.5. The van der Waals surface area contributed by atoms with Crippen LogP contribution in [0.2, 0.25) is 0 Å². The minimum absolute atomic E-state index is 0.126. The molecule has 0 aliphatic heterocycles. The number of hydrogen-bond acceptors (Lipinski definition) is 3. The number of amides is 1. The number of hydrogen-bond donors (Lipinski definition) is 0. The highest BCUT2D eigenvalue weighted by Crippen LogP contribution is 2.77. The molecule has 5 rings (SSSR count). The highest BCUT2D eigenvalue weighted by Gasteiger charge is 2.69. The molecule has 0 spiro atoms. The normalized spacial score (nSPS) is 50.8. The summed E-state index contributed by atoms with van der Waals surface area (Å²) in [6.45, 7) is 20.3. The van der Waals surface area contributed by atoms with Crippen molar-refractivity contribution in [1.82, 2.24) is 0 Å². The van der Waals surface area contributed by atoms with Gasteiger partial charge in [-0.3, -0.25) is 0 Å². The Balaban J connectivity index is 1.45. The van der Waals surface area contributed by atoms with Crippen LogP contribution in [0.3, 0.4) is 0 Å². The lowest BCUT2D eigenvalue weighted by Crippen LogP contribution is -2.67. The molecule has 3 unspecified atom stereocenters. The van der Waals surface area contributed by atoms with Gasteiger partial charge in [-0.15, -0.1) is 0 Å². The van der Waals surface area contributed by atoms with E-state index in [9.17, 15) is 9.59 Å². The quantitative estimate of drug-likeness (QED) is 0.269. The van der Waals surface area contributed by atoms with Gasteiger partial charge in [0, 0.05) is 5.41 Å². The second-order valence-electron chi connectivity index (χ2n) is 16.2. The number of ether oxygens (including phenoxy) is 1. The Morgan fingerprint density at radius 1 is 0.750 bits per heavy atom. The fourth-order valence-corrected chi connectivity index (χ4v) is 11.7. The summed E-state index contributed by atoms with van der Waals surface area (Å²) < 4.78 is 5.73. The number of nitrogens with zero attached hydrogens (tertiary/aromatic N) is 1. The zero-order valence-electron chi connectivity index (χ0n) is 24.3. The number of fused-ring (bicyclic) bond motifs is 7. The largest absolute Gasteiger partial charge is 0.444 e. The van der Waals surface area contributed by atoms with Crippen LogP contribution in [0, 0.1) is 56.2 Å². The van der Waals surface area contributed by atoms with E-state index >= 15 is 0 Å². The molecule has 202 valence electrons. The van der Waals surface area contributed by atoms with Gasteiger partial charge in [0.1, 0.15) is 6.10 Å². The summed E-state index contributed by atoms with van der Waals surface area (Å²) in [6.07, 6.45) is 14.6. The lowest BCUT2D eigenvalue weighted by Gasteiger charge is -2.73. The first-order valence-electron chi connectivity index (χ1n) is 14.9. The number of isocyanates is 1. The van der Waals surface area contributed by atoms with Crippen molar-refractivity contribution in [2.45, 2.75) is 132 Å². The molecular formula is C32H51NO3. The fraction of sp³-hybridized carbons (Fsp3) is 0.938. The van der Waals surface area contributed by atoms with Crippen LogP contribution >= 0.6 is 0 Å². The van der Waals surface area contributed by atoms with Gasteiger partial charge >= 0.3 is 6.09 Å². The van der Waals surface area contributed by atoms with Crippen molar-refractivity contribution in [3.8, 4) is 0 Å². The summed E-state index contributed by atoms with van der Waals surface area (Å²) in [7, 11) is 0. The summed E-state index contributed by atoms with van der Waals surface area (Å²) in [5.41, 5.74) is 1.93. The summed E-state index contributed by atoms with van der Waals surface area (Å²) in [5.74, 6) is 2.95. The smallest absolute Gasteiger partial charge is 0.444 e. The standard InChI is InChI=1S/C32H51NO3/c1-27(2)15-16-29(5)17-18-31(7)21(22(29)19-27)9-10-24-30(6)13-12-25(36-26(35)33-20-34)28(3,4)23(30)11-14-32(24,31)8/h21-25H,9-19H2,1-8H3/t21-,22-,23?,24?,25?,29-,30+,31-,32-/m1/s1. The van der Waals surface area contributed by atoms with E-state index < -0.39 is 6.09 Å². The molecule has 0 N–H and O–H groups in total. The SMILES string of the molecule is CC1(C)CC[C@]2(C)CC[C@]3(C)[C@H](CCC4[C@@]5(C)CCC(OC(=O)N=C=O)C(C)(C)C5CC[C@]43C)[C@H]2C1. The maximum Gasteiger partial charge on any atom is 0.444 e.